The van der Waals surface area contributed by atoms with Gasteiger partial charge in [-0.05, 0) is 49.5 Å². The molecule has 0 bridgehead atoms. The van der Waals surface area contributed by atoms with Crippen LogP contribution in [0, 0.1) is 5.41 Å². The molecule has 2 aliphatic rings. The first-order chi connectivity index (χ1) is 11.3. The summed E-state index contributed by atoms with van der Waals surface area (Å²) in [5.41, 5.74) is 3.12. The average Bonchev–Trinajstić information content (AvgIpc) is 3.21. The van der Waals surface area contributed by atoms with E-state index >= 15 is 0 Å². The van der Waals surface area contributed by atoms with E-state index < -0.39 is 0 Å². The summed E-state index contributed by atoms with van der Waals surface area (Å²) in [4.78, 5) is 12.5. The number of carbonyl (C=O) groups excluding carboxylic acids is 1. The molecule has 0 atom stereocenters. The summed E-state index contributed by atoms with van der Waals surface area (Å²) in [7, 11) is 0. The van der Waals surface area contributed by atoms with E-state index in [-0.39, 0.29) is 11.3 Å². The Hall–Kier alpha value is -2.10. The van der Waals surface area contributed by atoms with Crippen molar-refractivity contribution >= 4 is 5.91 Å². The van der Waals surface area contributed by atoms with E-state index in [0.29, 0.717) is 5.69 Å². The van der Waals surface area contributed by atoms with Gasteiger partial charge in [0.25, 0.3) is 5.91 Å². The molecule has 1 N–H and O–H groups in total. The molecular weight excluding hydrogens is 288 g/mol. The molecule has 0 saturated heterocycles. The van der Waals surface area contributed by atoms with Crippen molar-refractivity contribution in [1.82, 2.24) is 10.5 Å². The van der Waals surface area contributed by atoms with Gasteiger partial charge in [0.05, 0.1) is 0 Å². The zero-order chi connectivity index (χ0) is 15.7. The third-order valence-electron chi connectivity index (χ3n) is 5.17. The molecule has 1 amide bonds. The maximum Gasteiger partial charge on any atom is 0.273 e. The molecule has 4 heteroatoms. The van der Waals surface area contributed by atoms with Gasteiger partial charge in [-0.15, -0.1) is 0 Å². The molecule has 0 unspecified atom stereocenters. The van der Waals surface area contributed by atoms with Crippen molar-refractivity contribution in [2.45, 2.75) is 44.9 Å². The lowest BCUT2D eigenvalue weighted by Gasteiger charge is -2.16. The maximum atomic E-state index is 12.5. The highest BCUT2D eigenvalue weighted by atomic mass is 16.5. The molecule has 0 aliphatic heterocycles. The lowest BCUT2D eigenvalue weighted by Crippen LogP contribution is -2.32. The van der Waals surface area contributed by atoms with Crippen molar-refractivity contribution in [2.75, 3.05) is 6.54 Å². The Bertz CT molecular complexity index is 701. The van der Waals surface area contributed by atoms with Crippen LogP contribution >= 0.6 is 0 Å². The van der Waals surface area contributed by atoms with Gasteiger partial charge in [0.1, 0.15) is 5.76 Å². The van der Waals surface area contributed by atoms with E-state index in [0.717, 1.165) is 50.0 Å². The summed E-state index contributed by atoms with van der Waals surface area (Å²) in [6.07, 6.45) is 7.46. The van der Waals surface area contributed by atoms with Crippen LogP contribution < -0.4 is 5.32 Å². The minimum Gasteiger partial charge on any atom is -0.360 e. The van der Waals surface area contributed by atoms with Crippen LogP contribution in [-0.4, -0.2) is 17.6 Å². The quantitative estimate of drug-likeness (QED) is 0.922. The molecule has 4 nitrogen and oxygen atoms in total. The standard InChI is InChI=1S/C19H22N2O2/c22-18(17-15-8-4-5-9-16(15)23-21-17)20-13-19(10-11-19)12-14-6-2-1-3-7-14/h1-3,6-7H,4-5,8-13H2,(H,20,22). The van der Waals surface area contributed by atoms with Gasteiger partial charge >= 0.3 is 0 Å². The number of carbonyl (C=O) groups is 1. The predicted molar refractivity (Wildman–Crippen MR) is 87.3 cm³/mol. The predicted octanol–water partition coefficient (Wildman–Crippen LogP) is 3.31. The molecule has 23 heavy (non-hydrogen) atoms. The van der Waals surface area contributed by atoms with E-state index in [9.17, 15) is 4.79 Å². The molecule has 0 radical (unpaired) electrons. The first-order valence-electron chi connectivity index (χ1n) is 8.55. The fraction of sp³-hybridized carbons (Fsp3) is 0.474. The van der Waals surface area contributed by atoms with E-state index in [1.165, 1.54) is 18.4 Å². The Labute approximate surface area is 136 Å². The number of aryl methyl sites for hydroxylation is 1. The Morgan fingerprint density at radius 1 is 1.17 bits per heavy atom. The minimum atomic E-state index is -0.0729. The number of fused-ring (bicyclic) bond motifs is 1. The molecule has 0 spiro atoms. The van der Waals surface area contributed by atoms with E-state index in [1.807, 2.05) is 6.07 Å². The van der Waals surface area contributed by atoms with Crippen LogP contribution in [0.3, 0.4) is 0 Å². The second-order valence-electron chi connectivity index (χ2n) is 6.99. The van der Waals surface area contributed by atoms with Gasteiger partial charge in [-0.1, -0.05) is 35.5 Å². The number of nitrogens with one attached hydrogen (secondary N) is 1. The van der Waals surface area contributed by atoms with Gasteiger partial charge < -0.3 is 9.84 Å². The van der Waals surface area contributed by atoms with E-state index in [1.54, 1.807) is 0 Å². The molecule has 2 aliphatic carbocycles. The third kappa shape index (κ3) is 3.03. The van der Waals surface area contributed by atoms with Crippen LogP contribution in [0.5, 0.6) is 0 Å². The highest BCUT2D eigenvalue weighted by Gasteiger charge is 2.42. The normalized spacial score (nSPS) is 18.3. The Morgan fingerprint density at radius 3 is 2.74 bits per heavy atom. The van der Waals surface area contributed by atoms with Gasteiger partial charge in [0.2, 0.25) is 0 Å². The third-order valence-corrected chi connectivity index (χ3v) is 5.17. The number of amides is 1. The van der Waals surface area contributed by atoms with Gasteiger partial charge in [0, 0.05) is 18.5 Å². The highest BCUT2D eigenvalue weighted by Crippen LogP contribution is 2.47. The summed E-state index contributed by atoms with van der Waals surface area (Å²) in [6, 6.07) is 10.5. The SMILES string of the molecule is O=C(NCC1(Cc2ccccc2)CC1)c1noc2c1CCCC2. The Morgan fingerprint density at radius 2 is 1.96 bits per heavy atom. The first kappa shape index (κ1) is 14.5. The van der Waals surface area contributed by atoms with Crippen molar-refractivity contribution in [3.8, 4) is 0 Å². The molecule has 1 aromatic heterocycles. The van der Waals surface area contributed by atoms with Gasteiger partial charge in [-0.25, -0.2) is 0 Å². The molecule has 1 saturated carbocycles. The molecule has 1 aromatic carbocycles. The van der Waals surface area contributed by atoms with Crippen molar-refractivity contribution in [1.29, 1.82) is 0 Å². The van der Waals surface area contributed by atoms with Crippen LogP contribution in [-0.2, 0) is 19.3 Å². The zero-order valence-electron chi connectivity index (χ0n) is 13.3. The smallest absolute Gasteiger partial charge is 0.273 e. The van der Waals surface area contributed by atoms with Crippen LogP contribution in [0.2, 0.25) is 0 Å². The van der Waals surface area contributed by atoms with Crippen molar-refractivity contribution in [2.24, 2.45) is 5.41 Å². The lowest BCUT2D eigenvalue weighted by atomic mass is 9.95. The largest absolute Gasteiger partial charge is 0.360 e. The number of hydrogen-bond donors (Lipinski definition) is 1. The topological polar surface area (TPSA) is 55.1 Å². The molecule has 4 rings (SSSR count). The number of rotatable bonds is 5. The van der Waals surface area contributed by atoms with Gasteiger partial charge in [0.15, 0.2) is 5.69 Å². The average molecular weight is 310 g/mol. The second kappa shape index (κ2) is 5.84. The molecule has 1 heterocycles. The van der Waals surface area contributed by atoms with Crippen LogP contribution in [0.4, 0.5) is 0 Å². The number of benzene rings is 1. The number of hydrogen-bond acceptors (Lipinski definition) is 3. The molecule has 1 fully saturated rings. The van der Waals surface area contributed by atoms with Crippen LogP contribution in [0.15, 0.2) is 34.9 Å². The summed E-state index contributed by atoms with van der Waals surface area (Å²) < 4.78 is 5.34. The van der Waals surface area contributed by atoms with Crippen molar-refractivity contribution < 1.29 is 9.32 Å². The van der Waals surface area contributed by atoms with Gasteiger partial charge in [-0.2, -0.15) is 0 Å². The van der Waals surface area contributed by atoms with Crippen molar-refractivity contribution in [3.05, 3.63) is 52.9 Å². The maximum absolute atomic E-state index is 12.5. The Balaban J connectivity index is 1.39. The fourth-order valence-corrected chi connectivity index (χ4v) is 3.54. The molecule has 120 valence electrons. The molecule has 2 aromatic rings. The second-order valence-corrected chi connectivity index (χ2v) is 6.99. The Kier molecular flexibility index (Phi) is 3.68. The zero-order valence-corrected chi connectivity index (χ0v) is 13.3. The van der Waals surface area contributed by atoms with E-state index in [2.05, 4.69) is 34.7 Å². The monoisotopic (exact) mass is 310 g/mol. The highest BCUT2D eigenvalue weighted by molar-refractivity contribution is 5.93. The fourth-order valence-electron chi connectivity index (χ4n) is 3.54. The minimum absolute atomic E-state index is 0.0729. The summed E-state index contributed by atoms with van der Waals surface area (Å²) in [6.45, 7) is 0.725. The number of aromatic nitrogens is 1. The van der Waals surface area contributed by atoms with Crippen LogP contribution in [0.25, 0.3) is 0 Å². The van der Waals surface area contributed by atoms with E-state index in [4.69, 9.17) is 4.52 Å². The van der Waals surface area contributed by atoms with Crippen LogP contribution in [0.1, 0.15) is 53.1 Å². The first-order valence-corrected chi connectivity index (χ1v) is 8.55. The lowest BCUT2D eigenvalue weighted by molar-refractivity contribution is 0.0934. The number of nitrogens with zero attached hydrogens (tertiary/aromatic N) is 1. The molecular formula is C19H22N2O2. The summed E-state index contributed by atoms with van der Waals surface area (Å²) in [5.74, 6) is 0.836. The summed E-state index contributed by atoms with van der Waals surface area (Å²) in [5, 5.41) is 7.11. The van der Waals surface area contributed by atoms with Gasteiger partial charge in [-0.3, -0.25) is 4.79 Å². The van der Waals surface area contributed by atoms with Crippen molar-refractivity contribution in [3.63, 3.8) is 0 Å². The summed E-state index contributed by atoms with van der Waals surface area (Å²) >= 11 is 0.